The van der Waals surface area contributed by atoms with Gasteiger partial charge in [-0.2, -0.15) is 0 Å². The van der Waals surface area contributed by atoms with Crippen LogP contribution in [0.15, 0.2) is 0 Å². The first-order valence-electron chi connectivity index (χ1n) is 4.39. The fourth-order valence-electron chi connectivity index (χ4n) is 1.40. The van der Waals surface area contributed by atoms with E-state index in [2.05, 4.69) is 9.46 Å². The molecule has 0 spiro atoms. The van der Waals surface area contributed by atoms with Crippen LogP contribution < -0.4 is 0 Å². The van der Waals surface area contributed by atoms with Gasteiger partial charge in [0.1, 0.15) is 0 Å². The maximum atomic E-state index is 11.5. The number of hydrogen-bond acceptors (Lipinski definition) is 8. The molecule has 0 aliphatic carbocycles. The van der Waals surface area contributed by atoms with E-state index in [1.807, 2.05) is 0 Å². The van der Waals surface area contributed by atoms with Crippen molar-refractivity contribution in [3.05, 3.63) is 0 Å². The average Bonchev–Trinajstić information content (AvgIpc) is 2.16. The molecule has 2 aliphatic rings. The standard InChI is InChI=1S/C7H8O8Si/c1-16-13-5(9)3-7(11,6(10)14-16)2-4(8)12-15-16/h11H,2-3H2,1H3. The molecule has 0 aromatic rings. The summed E-state index contributed by atoms with van der Waals surface area (Å²) in [6.45, 7) is 1.20. The van der Waals surface area contributed by atoms with Gasteiger partial charge in [0.15, 0.2) is 5.60 Å². The first kappa shape index (κ1) is 11.0. The summed E-state index contributed by atoms with van der Waals surface area (Å²) in [4.78, 5) is 38.2. The van der Waals surface area contributed by atoms with Gasteiger partial charge in [-0.15, -0.1) is 4.58 Å². The molecular formula is C7H8O8Si. The molecule has 0 saturated carbocycles. The number of hydrogen-bond donors (Lipinski definition) is 1. The van der Waals surface area contributed by atoms with E-state index in [1.165, 1.54) is 6.55 Å². The molecule has 2 heterocycles. The third-order valence-electron chi connectivity index (χ3n) is 2.12. The zero-order valence-electron chi connectivity index (χ0n) is 8.22. The van der Waals surface area contributed by atoms with Gasteiger partial charge in [0.25, 0.3) is 5.97 Å². The Balaban J connectivity index is 2.43. The molecule has 0 radical (unpaired) electrons. The van der Waals surface area contributed by atoms with E-state index < -0.39 is 45.2 Å². The largest absolute Gasteiger partial charge is 0.670 e. The summed E-state index contributed by atoms with van der Waals surface area (Å²) in [5.74, 6) is -2.94. The van der Waals surface area contributed by atoms with Gasteiger partial charge in [-0.3, -0.25) is 9.59 Å². The number of aliphatic hydroxyl groups is 1. The Bertz CT molecular complexity index is 381. The molecule has 0 aromatic heterocycles. The molecule has 0 aromatic carbocycles. The Labute approximate surface area is 90.3 Å². The van der Waals surface area contributed by atoms with Gasteiger partial charge in [0, 0.05) is 6.55 Å². The lowest BCUT2D eigenvalue weighted by Crippen LogP contribution is -2.50. The van der Waals surface area contributed by atoms with Crippen LogP contribution in [0.3, 0.4) is 0 Å². The second-order valence-corrected chi connectivity index (χ2v) is 5.95. The topological polar surface area (TPSA) is 108 Å². The summed E-state index contributed by atoms with van der Waals surface area (Å²) in [6, 6.07) is 0. The summed E-state index contributed by atoms with van der Waals surface area (Å²) >= 11 is 0. The second-order valence-electron chi connectivity index (χ2n) is 3.65. The van der Waals surface area contributed by atoms with Gasteiger partial charge in [-0.25, -0.2) is 4.79 Å². The lowest BCUT2D eigenvalue weighted by atomic mass is 9.96. The van der Waals surface area contributed by atoms with Crippen molar-refractivity contribution in [1.29, 1.82) is 0 Å². The van der Waals surface area contributed by atoms with E-state index in [-0.39, 0.29) is 0 Å². The van der Waals surface area contributed by atoms with Gasteiger partial charge >= 0.3 is 20.7 Å². The minimum Gasteiger partial charge on any atom is -0.463 e. The molecule has 2 unspecified atom stereocenters. The molecule has 2 rings (SSSR count). The van der Waals surface area contributed by atoms with Crippen LogP contribution in [0, 0.1) is 0 Å². The van der Waals surface area contributed by atoms with Crippen LogP contribution in [0.1, 0.15) is 12.8 Å². The zero-order valence-corrected chi connectivity index (χ0v) is 9.22. The highest BCUT2D eigenvalue weighted by molar-refractivity contribution is 6.63. The number of fused-ring (bicyclic) bond motifs is 3. The summed E-state index contributed by atoms with van der Waals surface area (Å²) in [7, 11) is -3.69. The zero-order chi connectivity index (χ0) is 12.0. The van der Waals surface area contributed by atoms with Crippen molar-refractivity contribution in [2.24, 2.45) is 0 Å². The lowest BCUT2D eigenvalue weighted by molar-refractivity contribution is -0.246. The molecule has 8 nitrogen and oxygen atoms in total. The maximum absolute atomic E-state index is 11.5. The molecule has 9 heteroatoms. The third kappa shape index (κ3) is 1.79. The van der Waals surface area contributed by atoms with Gasteiger partial charge in [0.05, 0.1) is 12.8 Å². The lowest BCUT2D eigenvalue weighted by Gasteiger charge is -2.26. The summed E-state index contributed by atoms with van der Waals surface area (Å²) in [5, 5.41) is 9.82. The Hall–Kier alpha value is -1.45. The van der Waals surface area contributed by atoms with E-state index in [1.54, 1.807) is 0 Å². The van der Waals surface area contributed by atoms with Crippen molar-refractivity contribution in [2.75, 3.05) is 0 Å². The normalized spacial score (nSPS) is 39.0. The highest BCUT2D eigenvalue weighted by Crippen LogP contribution is 2.29. The van der Waals surface area contributed by atoms with Gasteiger partial charge < -0.3 is 18.8 Å². The van der Waals surface area contributed by atoms with Crippen molar-refractivity contribution < 1.29 is 37.8 Å². The van der Waals surface area contributed by atoms with Crippen LogP contribution in [0.25, 0.3) is 0 Å². The van der Waals surface area contributed by atoms with E-state index in [4.69, 9.17) is 8.85 Å². The van der Waals surface area contributed by atoms with Crippen molar-refractivity contribution >= 4 is 26.7 Å². The van der Waals surface area contributed by atoms with E-state index in [9.17, 15) is 19.5 Å². The first-order valence-corrected chi connectivity index (χ1v) is 6.62. The molecule has 2 aliphatic heterocycles. The Morgan fingerprint density at radius 1 is 1.19 bits per heavy atom. The Kier molecular flexibility index (Phi) is 2.26. The fraction of sp³-hybridized carbons (Fsp3) is 0.571. The van der Waals surface area contributed by atoms with Gasteiger partial charge in [-0.1, -0.05) is 0 Å². The number of carbonyl (C=O) groups excluding carboxylic acids is 3. The van der Waals surface area contributed by atoms with Crippen molar-refractivity contribution in [1.82, 2.24) is 0 Å². The predicted octanol–water partition coefficient (Wildman–Crippen LogP) is -1.35. The van der Waals surface area contributed by atoms with Crippen molar-refractivity contribution in [2.45, 2.75) is 25.0 Å². The van der Waals surface area contributed by atoms with E-state index in [0.29, 0.717) is 0 Å². The van der Waals surface area contributed by atoms with Crippen LogP contribution in [0.4, 0.5) is 0 Å². The van der Waals surface area contributed by atoms with E-state index in [0.717, 1.165) is 0 Å². The SMILES string of the molecule is C[Si]12OOC(=O)CC(O)(CC(=O)O1)C(=O)O2. The van der Waals surface area contributed by atoms with E-state index >= 15 is 0 Å². The van der Waals surface area contributed by atoms with Crippen LogP contribution in [-0.2, 0) is 32.7 Å². The molecule has 16 heavy (non-hydrogen) atoms. The fourth-order valence-corrected chi connectivity index (χ4v) is 2.76. The summed E-state index contributed by atoms with van der Waals surface area (Å²) in [6.07, 6.45) is -1.38. The molecule has 2 atom stereocenters. The summed E-state index contributed by atoms with van der Waals surface area (Å²) < 4.78 is 14.0. The molecule has 2 saturated heterocycles. The molecule has 2 bridgehead atoms. The number of carbonyl (C=O) groups is 3. The van der Waals surface area contributed by atoms with Crippen molar-refractivity contribution in [3.8, 4) is 0 Å². The van der Waals surface area contributed by atoms with Crippen LogP contribution in [-0.4, -0.2) is 37.4 Å². The van der Waals surface area contributed by atoms with Gasteiger partial charge in [0.2, 0.25) is 0 Å². The summed E-state index contributed by atoms with van der Waals surface area (Å²) in [5.41, 5.74) is -2.23. The van der Waals surface area contributed by atoms with Gasteiger partial charge in [-0.05, 0) is 0 Å². The van der Waals surface area contributed by atoms with Crippen LogP contribution >= 0.6 is 0 Å². The highest BCUT2D eigenvalue weighted by atomic mass is 28.4. The van der Waals surface area contributed by atoms with Crippen molar-refractivity contribution in [3.63, 3.8) is 0 Å². The quantitative estimate of drug-likeness (QED) is 0.414. The average molecular weight is 248 g/mol. The Morgan fingerprint density at radius 2 is 1.81 bits per heavy atom. The second kappa shape index (κ2) is 3.27. The third-order valence-corrected chi connectivity index (χ3v) is 3.66. The Morgan fingerprint density at radius 3 is 2.50 bits per heavy atom. The molecule has 1 N–H and O–H groups in total. The minimum atomic E-state index is -3.69. The minimum absolute atomic E-state index is 0.660. The first-order chi connectivity index (χ1) is 7.33. The molecule has 0 amide bonds. The molecular weight excluding hydrogens is 240 g/mol. The molecule has 88 valence electrons. The highest BCUT2D eigenvalue weighted by Gasteiger charge is 2.58. The monoisotopic (exact) mass is 248 g/mol. The van der Waals surface area contributed by atoms with Crippen LogP contribution in [0.2, 0.25) is 6.55 Å². The maximum Gasteiger partial charge on any atom is 0.670 e. The number of rotatable bonds is 0. The van der Waals surface area contributed by atoms with Crippen LogP contribution in [0.5, 0.6) is 0 Å². The predicted molar refractivity (Wildman–Crippen MR) is 45.2 cm³/mol. The molecule has 2 fully saturated rings. The smallest absolute Gasteiger partial charge is 0.463 e.